The van der Waals surface area contributed by atoms with Crippen molar-refractivity contribution in [1.82, 2.24) is 25.9 Å². The molecule has 0 saturated carbocycles. The number of nitrogens with one attached hydrogen (secondary N) is 3. The third-order valence-electron chi connectivity index (χ3n) is 4.33. The minimum absolute atomic E-state index is 0.554. The Morgan fingerprint density at radius 2 is 1.66 bits per heavy atom. The maximum absolute atomic E-state index is 5.90. The smallest absolute Gasteiger partial charge is 0.205 e. The summed E-state index contributed by atoms with van der Waals surface area (Å²) < 4.78 is 0. The summed E-state index contributed by atoms with van der Waals surface area (Å²) in [5.41, 5.74) is 5.07. The lowest BCUT2D eigenvalue weighted by atomic mass is 9.98. The van der Waals surface area contributed by atoms with E-state index in [4.69, 9.17) is 23.8 Å². The highest BCUT2D eigenvalue weighted by atomic mass is 35.5. The number of aromatic nitrogens is 4. The van der Waals surface area contributed by atoms with Crippen molar-refractivity contribution < 1.29 is 0 Å². The second-order valence-electron chi connectivity index (χ2n) is 6.29. The number of benzene rings is 3. The van der Waals surface area contributed by atoms with E-state index in [0.717, 1.165) is 27.9 Å². The first-order valence-electron chi connectivity index (χ1n) is 8.91. The van der Waals surface area contributed by atoms with Crippen molar-refractivity contribution in [2.45, 2.75) is 6.54 Å². The number of halogens is 1. The molecule has 0 radical (unpaired) electrons. The highest BCUT2D eigenvalue weighted by Gasteiger charge is 2.10. The molecule has 0 spiro atoms. The molecule has 0 atom stereocenters. The van der Waals surface area contributed by atoms with Crippen molar-refractivity contribution in [3.63, 3.8) is 0 Å². The molecule has 8 heteroatoms. The van der Waals surface area contributed by atoms with Gasteiger partial charge >= 0.3 is 0 Å². The first-order valence-corrected chi connectivity index (χ1v) is 9.70. The van der Waals surface area contributed by atoms with Crippen LogP contribution >= 0.6 is 23.8 Å². The maximum Gasteiger partial charge on any atom is 0.205 e. The molecule has 1 heterocycles. The molecule has 0 bridgehead atoms. The van der Waals surface area contributed by atoms with E-state index in [-0.39, 0.29) is 0 Å². The van der Waals surface area contributed by atoms with Gasteiger partial charge in [-0.25, -0.2) is 0 Å². The van der Waals surface area contributed by atoms with E-state index in [1.165, 1.54) is 0 Å². The van der Waals surface area contributed by atoms with Gasteiger partial charge in [-0.15, -0.1) is 10.2 Å². The van der Waals surface area contributed by atoms with Crippen LogP contribution in [0.3, 0.4) is 0 Å². The van der Waals surface area contributed by atoms with E-state index in [1.54, 1.807) is 0 Å². The lowest BCUT2D eigenvalue weighted by Crippen LogP contribution is -2.27. The molecule has 4 aromatic rings. The quantitative estimate of drug-likeness (QED) is 0.407. The number of hydrogen-bond donors (Lipinski definition) is 3. The fourth-order valence-corrected chi connectivity index (χ4v) is 3.21. The van der Waals surface area contributed by atoms with Crippen molar-refractivity contribution in [2.75, 3.05) is 5.32 Å². The fraction of sp³-hybridized carbons (Fsp3) is 0.0476. The number of aromatic amines is 1. The van der Waals surface area contributed by atoms with E-state index in [2.05, 4.69) is 55.5 Å². The van der Waals surface area contributed by atoms with Gasteiger partial charge in [0.2, 0.25) is 5.82 Å². The van der Waals surface area contributed by atoms with Gasteiger partial charge in [-0.2, -0.15) is 5.21 Å². The first kappa shape index (κ1) is 19.0. The van der Waals surface area contributed by atoms with Crippen LogP contribution < -0.4 is 10.6 Å². The SMILES string of the molecule is S=C(NCc1ccc(-c2ccccc2-c2nn[nH]n2)cc1)Nc1ccc(Cl)cc1. The Morgan fingerprint density at radius 1 is 0.931 bits per heavy atom. The monoisotopic (exact) mass is 420 g/mol. The average molecular weight is 421 g/mol. The summed E-state index contributed by atoms with van der Waals surface area (Å²) in [6.45, 7) is 0.617. The molecular weight excluding hydrogens is 404 g/mol. The average Bonchev–Trinajstić information content (AvgIpc) is 3.29. The van der Waals surface area contributed by atoms with E-state index in [9.17, 15) is 0 Å². The van der Waals surface area contributed by atoms with Crippen molar-refractivity contribution >= 4 is 34.6 Å². The molecule has 0 fully saturated rings. The molecule has 0 aliphatic carbocycles. The number of rotatable bonds is 5. The van der Waals surface area contributed by atoms with Crippen LogP contribution in [0.25, 0.3) is 22.5 Å². The lowest BCUT2D eigenvalue weighted by molar-refractivity contribution is 0.881. The predicted molar refractivity (Wildman–Crippen MR) is 120 cm³/mol. The molecule has 1 aromatic heterocycles. The van der Waals surface area contributed by atoms with Crippen LogP contribution in [0.5, 0.6) is 0 Å². The zero-order valence-corrected chi connectivity index (χ0v) is 16.8. The molecule has 0 unspecified atom stereocenters. The van der Waals surface area contributed by atoms with Crippen molar-refractivity contribution in [2.24, 2.45) is 0 Å². The Labute approximate surface area is 178 Å². The Bertz CT molecular complexity index is 1090. The lowest BCUT2D eigenvalue weighted by Gasteiger charge is -2.11. The second kappa shape index (κ2) is 8.81. The number of hydrogen-bond acceptors (Lipinski definition) is 4. The van der Waals surface area contributed by atoms with E-state index < -0.39 is 0 Å². The van der Waals surface area contributed by atoms with E-state index in [1.807, 2.05) is 48.5 Å². The molecule has 4 rings (SSSR count). The van der Waals surface area contributed by atoms with Crippen LogP contribution in [-0.2, 0) is 6.54 Å². The minimum Gasteiger partial charge on any atom is -0.358 e. The van der Waals surface area contributed by atoms with Gasteiger partial charge in [0.05, 0.1) is 0 Å². The van der Waals surface area contributed by atoms with Gasteiger partial charge in [0.1, 0.15) is 0 Å². The van der Waals surface area contributed by atoms with Gasteiger partial charge in [-0.05, 0) is 58.4 Å². The van der Waals surface area contributed by atoms with Crippen LogP contribution in [0.1, 0.15) is 5.56 Å². The largest absolute Gasteiger partial charge is 0.358 e. The summed E-state index contributed by atoms with van der Waals surface area (Å²) in [5.74, 6) is 0.574. The minimum atomic E-state index is 0.554. The molecule has 0 amide bonds. The van der Waals surface area contributed by atoms with Crippen LogP contribution in [0, 0.1) is 0 Å². The molecule has 0 aliphatic rings. The Morgan fingerprint density at radius 3 is 2.34 bits per heavy atom. The maximum atomic E-state index is 5.90. The normalized spacial score (nSPS) is 10.5. The van der Waals surface area contributed by atoms with Gasteiger partial charge in [-0.3, -0.25) is 0 Å². The molecule has 29 heavy (non-hydrogen) atoms. The Balaban J connectivity index is 1.41. The second-order valence-corrected chi connectivity index (χ2v) is 7.14. The van der Waals surface area contributed by atoms with Gasteiger partial charge in [0.15, 0.2) is 5.11 Å². The zero-order valence-electron chi connectivity index (χ0n) is 15.3. The zero-order chi connectivity index (χ0) is 20.1. The van der Waals surface area contributed by atoms with Gasteiger partial charge < -0.3 is 10.6 Å². The van der Waals surface area contributed by atoms with Crippen molar-refractivity contribution in [3.05, 3.63) is 83.4 Å². The summed E-state index contributed by atoms with van der Waals surface area (Å²) in [5, 5.41) is 21.9. The van der Waals surface area contributed by atoms with Gasteiger partial charge in [0, 0.05) is 22.8 Å². The molecule has 6 nitrogen and oxygen atoms in total. The van der Waals surface area contributed by atoms with Crippen LogP contribution in [0.2, 0.25) is 5.02 Å². The topological polar surface area (TPSA) is 78.5 Å². The summed E-state index contributed by atoms with van der Waals surface area (Å²) >= 11 is 11.3. The summed E-state index contributed by atoms with van der Waals surface area (Å²) in [4.78, 5) is 0. The third kappa shape index (κ3) is 4.77. The standard InChI is InChI=1S/C21H17ClN6S/c22-16-9-11-17(12-10-16)24-21(29)23-13-14-5-7-15(8-6-14)18-3-1-2-4-19(18)20-25-27-28-26-20/h1-12H,13H2,(H2,23,24,29)(H,25,26,27,28). The number of tetrazole rings is 1. The van der Waals surface area contributed by atoms with Gasteiger partial charge in [0.25, 0.3) is 0 Å². The predicted octanol–water partition coefficient (Wildman–Crippen LogP) is 4.67. The molecule has 144 valence electrons. The van der Waals surface area contributed by atoms with Crippen molar-refractivity contribution in [1.29, 1.82) is 0 Å². The Hall–Kier alpha value is -3.29. The molecule has 3 N–H and O–H groups in total. The molecule has 3 aromatic carbocycles. The molecule has 0 aliphatic heterocycles. The summed E-state index contributed by atoms with van der Waals surface area (Å²) in [6, 6.07) is 23.7. The Kier molecular flexibility index (Phi) is 5.79. The molecular formula is C21H17ClN6S. The number of H-pyrrole nitrogens is 1. The fourth-order valence-electron chi connectivity index (χ4n) is 2.90. The van der Waals surface area contributed by atoms with Crippen LogP contribution in [0.4, 0.5) is 5.69 Å². The van der Waals surface area contributed by atoms with E-state index in [0.29, 0.717) is 22.5 Å². The number of thiocarbonyl (C=S) groups is 1. The van der Waals surface area contributed by atoms with Crippen molar-refractivity contribution in [3.8, 4) is 22.5 Å². The highest BCUT2D eigenvalue weighted by Crippen LogP contribution is 2.29. The van der Waals surface area contributed by atoms with Gasteiger partial charge in [-0.1, -0.05) is 60.1 Å². The highest BCUT2D eigenvalue weighted by molar-refractivity contribution is 7.80. The number of nitrogens with zero attached hydrogens (tertiary/aromatic N) is 3. The first-order chi connectivity index (χ1) is 14.2. The van der Waals surface area contributed by atoms with Crippen LogP contribution in [-0.4, -0.2) is 25.7 Å². The van der Waals surface area contributed by atoms with Crippen LogP contribution in [0.15, 0.2) is 72.8 Å². The third-order valence-corrected chi connectivity index (χ3v) is 4.83. The molecule has 0 saturated heterocycles. The summed E-state index contributed by atoms with van der Waals surface area (Å²) in [7, 11) is 0. The summed E-state index contributed by atoms with van der Waals surface area (Å²) in [6.07, 6.45) is 0. The number of anilines is 1. The van der Waals surface area contributed by atoms with E-state index >= 15 is 0 Å².